The zero-order valence-corrected chi connectivity index (χ0v) is 11.4. The normalized spacial score (nSPS) is 12.9. The molecular formula is C15H26N2. The first-order valence-corrected chi connectivity index (χ1v) is 6.68. The Balaban J connectivity index is 2.41. The summed E-state index contributed by atoms with van der Waals surface area (Å²) in [4.78, 5) is 2.42. The highest BCUT2D eigenvalue weighted by molar-refractivity contribution is 5.19. The molecule has 17 heavy (non-hydrogen) atoms. The average Bonchev–Trinajstić information content (AvgIpc) is 2.37. The van der Waals surface area contributed by atoms with Crippen molar-refractivity contribution in [2.24, 2.45) is 0 Å². The second kappa shape index (κ2) is 8.26. The van der Waals surface area contributed by atoms with Gasteiger partial charge in [0.15, 0.2) is 0 Å². The van der Waals surface area contributed by atoms with Crippen molar-refractivity contribution in [3.63, 3.8) is 0 Å². The highest BCUT2D eigenvalue weighted by Crippen LogP contribution is 2.13. The van der Waals surface area contributed by atoms with Crippen molar-refractivity contribution in [3.8, 4) is 0 Å². The number of rotatable bonds is 8. The number of hydrogen-bond acceptors (Lipinski definition) is 2. The molecule has 0 aromatic heterocycles. The molecule has 0 spiro atoms. The quantitative estimate of drug-likeness (QED) is 0.695. The van der Waals surface area contributed by atoms with E-state index in [0.717, 1.165) is 6.54 Å². The molecule has 0 heterocycles. The standard InChI is InChI=1S/C15H26N2/c1-4-5-9-12-17(3)13-15(16-2)14-10-7-6-8-11-14/h6-8,10-11,15-16H,4-5,9,12-13H2,1-3H3. The summed E-state index contributed by atoms with van der Waals surface area (Å²) in [6.45, 7) is 4.52. The van der Waals surface area contributed by atoms with E-state index >= 15 is 0 Å². The van der Waals surface area contributed by atoms with E-state index in [9.17, 15) is 0 Å². The summed E-state index contributed by atoms with van der Waals surface area (Å²) in [5.74, 6) is 0. The Labute approximate surface area is 106 Å². The van der Waals surface area contributed by atoms with Gasteiger partial charge in [-0.15, -0.1) is 0 Å². The van der Waals surface area contributed by atoms with Gasteiger partial charge in [-0.1, -0.05) is 50.1 Å². The van der Waals surface area contributed by atoms with E-state index < -0.39 is 0 Å². The molecule has 1 atom stereocenters. The maximum Gasteiger partial charge on any atom is 0.0446 e. The smallest absolute Gasteiger partial charge is 0.0446 e. The van der Waals surface area contributed by atoms with E-state index in [2.05, 4.69) is 54.5 Å². The van der Waals surface area contributed by atoms with E-state index in [4.69, 9.17) is 0 Å². The number of benzene rings is 1. The zero-order chi connectivity index (χ0) is 12.5. The van der Waals surface area contributed by atoms with Gasteiger partial charge in [-0.05, 0) is 32.6 Å². The van der Waals surface area contributed by atoms with Crippen molar-refractivity contribution in [2.45, 2.75) is 32.2 Å². The van der Waals surface area contributed by atoms with Crippen LogP contribution in [0.5, 0.6) is 0 Å². The van der Waals surface area contributed by atoms with Gasteiger partial charge in [0, 0.05) is 12.6 Å². The highest BCUT2D eigenvalue weighted by atomic mass is 15.1. The van der Waals surface area contributed by atoms with Gasteiger partial charge in [-0.3, -0.25) is 0 Å². The first-order chi connectivity index (χ1) is 8.27. The molecular weight excluding hydrogens is 208 g/mol. The summed E-state index contributed by atoms with van der Waals surface area (Å²) in [6.07, 6.45) is 3.93. The van der Waals surface area contributed by atoms with Crippen molar-refractivity contribution in [1.82, 2.24) is 10.2 Å². The van der Waals surface area contributed by atoms with Crippen LogP contribution in [0.15, 0.2) is 30.3 Å². The van der Waals surface area contributed by atoms with Gasteiger partial charge >= 0.3 is 0 Å². The molecule has 0 amide bonds. The highest BCUT2D eigenvalue weighted by Gasteiger charge is 2.10. The van der Waals surface area contributed by atoms with Crippen LogP contribution in [0, 0.1) is 0 Å². The fraction of sp³-hybridized carbons (Fsp3) is 0.600. The van der Waals surface area contributed by atoms with Gasteiger partial charge in [0.2, 0.25) is 0 Å². The van der Waals surface area contributed by atoms with Crippen LogP contribution in [0.3, 0.4) is 0 Å². The van der Waals surface area contributed by atoms with Crippen molar-refractivity contribution < 1.29 is 0 Å². The van der Waals surface area contributed by atoms with Gasteiger partial charge < -0.3 is 10.2 Å². The summed E-state index contributed by atoms with van der Waals surface area (Å²) >= 11 is 0. The summed E-state index contributed by atoms with van der Waals surface area (Å²) in [5.41, 5.74) is 1.37. The number of unbranched alkanes of at least 4 members (excludes halogenated alkanes) is 2. The lowest BCUT2D eigenvalue weighted by molar-refractivity contribution is 0.290. The predicted molar refractivity (Wildman–Crippen MR) is 75.3 cm³/mol. The fourth-order valence-electron chi connectivity index (χ4n) is 2.08. The Morgan fingerprint density at radius 2 is 1.88 bits per heavy atom. The Morgan fingerprint density at radius 1 is 1.18 bits per heavy atom. The molecule has 0 aliphatic carbocycles. The third kappa shape index (κ3) is 5.33. The molecule has 0 bridgehead atoms. The van der Waals surface area contributed by atoms with Crippen LogP contribution < -0.4 is 5.32 Å². The summed E-state index contributed by atoms with van der Waals surface area (Å²) in [7, 11) is 4.25. The molecule has 2 heteroatoms. The molecule has 0 saturated carbocycles. The number of nitrogens with one attached hydrogen (secondary N) is 1. The average molecular weight is 234 g/mol. The molecule has 0 aliphatic rings. The summed E-state index contributed by atoms with van der Waals surface area (Å²) in [6, 6.07) is 11.1. The van der Waals surface area contributed by atoms with Gasteiger partial charge in [0.05, 0.1) is 0 Å². The van der Waals surface area contributed by atoms with Crippen molar-refractivity contribution in [2.75, 3.05) is 27.2 Å². The third-order valence-corrected chi connectivity index (χ3v) is 3.19. The van der Waals surface area contributed by atoms with E-state index in [1.54, 1.807) is 0 Å². The predicted octanol–water partition coefficient (Wildman–Crippen LogP) is 3.07. The number of hydrogen-bond donors (Lipinski definition) is 1. The minimum Gasteiger partial charge on any atom is -0.312 e. The minimum atomic E-state index is 0.433. The Morgan fingerprint density at radius 3 is 2.47 bits per heavy atom. The lowest BCUT2D eigenvalue weighted by Gasteiger charge is -2.24. The van der Waals surface area contributed by atoms with E-state index in [-0.39, 0.29) is 0 Å². The van der Waals surface area contributed by atoms with Crippen molar-refractivity contribution in [3.05, 3.63) is 35.9 Å². The van der Waals surface area contributed by atoms with Gasteiger partial charge in [-0.2, -0.15) is 0 Å². The molecule has 0 radical (unpaired) electrons. The first kappa shape index (κ1) is 14.2. The minimum absolute atomic E-state index is 0.433. The molecule has 2 nitrogen and oxygen atoms in total. The van der Waals surface area contributed by atoms with Crippen molar-refractivity contribution >= 4 is 0 Å². The van der Waals surface area contributed by atoms with E-state index in [1.165, 1.54) is 31.4 Å². The Hall–Kier alpha value is -0.860. The topological polar surface area (TPSA) is 15.3 Å². The van der Waals surface area contributed by atoms with E-state index in [1.807, 2.05) is 7.05 Å². The molecule has 1 aromatic carbocycles. The lowest BCUT2D eigenvalue weighted by atomic mass is 10.1. The maximum absolute atomic E-state index is 3.40. The second-order valence-corrected chi connectivity index (χ2v) is 4.72. The van der Waals surface area contributed by atoms with Crippen LogP contribution in [0.25, 0.3) is 0 Å². The molecule has 0 fully saturated rings. The third-order valence-electron chi connectivity index (χ3n) is 3.19. The van der Waals surface area contributed by atoms with Gasteiger partial charge in [0.25, 0.3) is 0 Å². The van der Waals surface area contributed by atoms with Crippen LogP contribution in [-0.2, 0) is 0 Å². The van der Waals surface area contributed by atoms with Gasteiger partial charge in [0.1, 0.15) is 0 Å². The van der Waals surface area contributed by atoms with Crippen molar-refractivity contribution in [1.29, 1.82) is 0 Å². The fourth-order valence-corrected chi connectivity index (χ4v) is 2.08. The second-order valence-electron chi connectivity index (χ2n) is 4.72. The molecule has 0 saturated heterocycles. The van der Waals surface area contributed by atoms with Crippen LogP contribution >= 0.6 is 0 Å². The van der Waals surface area contributed by atoms with Crippen LogP contribution in [-0.4, -0.2) is 32.1 Å². The van der Waals surface area contributed by atoms with Crippen LogP contribution in [0.2, 0.25) is 0 Å². The Bertz CT molecular complexity index is 284. The zero-order valence-electron chi connectivity index (χ0n) is 11.4. The number of likely N-dealkylation sites (N-methyl/N-ethyl adjacent to an activating group) is 2. The molecule has 1 rings (SSSR count). The lowest BCUT2D eigenvalue weighted by Crippen LogP contribution is -2.31. The Kier molecular flexibility index (Phi) is 6.90. The molecule has 1 aromatic rings. The molecule has 1 unspecified atom stereocenters. The van der Waals surface area contributed by atoms with E-state index in [0.29, 0.717) is 6.04 Å². The van der Waals surface area contributed by atoms with Crippen LogP contribution in [0.1, 0.15) is 37.8 Å². The van der Waals surface area contributed by atoms with Crippen LogP contribution in [0.4, 0.5) is 0 Å². The largest absolute Gasteiger partial charge is 0.312 e. The maximum atomic E-state index is 3.40. The van der Waals surface area contributed by atoms with Gasteiger partial charge in [-0.25, -0.2) is 0 Å². The molecule has 0 aliphatic heterocycles. The molecule has 96 valence electrons. The summed E-state index contributed by atoms with van der Waals surface area (Å²) in [5, 5.41) is 3.40. The SMILES string of the molecule is CCCCCN(C)CC(NC)c1ccccc1. The monoisotopic (exact) mass is 234 g/mol. The summed E-state index contributed by atoms with van der Waals surface area (Å²) < 4.78 is 0. The molecule has 1 N–H and O–H groups in total. The number of nitrogens with zero attached hydrogens (tertiary/aromatic N) is 1. The first-order valence-electron chi connectivity index (χ1n) is 6.68.